The SMILES string of the molecule is CCCCO[Si]C(C)(C)C. The molecule has 0 aliphatic rings. The summed E-state index contributed by atoms with van der Waals surface area (Å²) in [6.45, 7) is 9.74. The lowest BCUT2D eigenvalue weighted by Gasteiger charge is -2.15. The normalized spacial score (nSPS) is 12.0. The average Bonchev–Trinajstić information content (AvgIpc) is 1.78. The van der Waals surface area contributed by atoms with Gasteiger partial charge in [0.25, 0.3) is 0 Å². The molecule has 10 heavy (non-hydrogen) atoms. The zero-order valence-electron chi connectivity index (χ0n) is 7.53. The minimum atomic E-state index is 0.355. The van der Waals surface area contributed by atoms with Crippen molar-refractivity contribution >= 4 is 9.76 Å². The van der Waals surface area contributed by atoms with Gasteiger partial charge in [0.1, 0.15) is 0 Å². The molecule has 0 atom stereocenters. The van der Waals surface area contributed by atoms with E-state index in [1.807, 2.05) is 0 Å². The average molecular weight is 158 g/mol. The van der Waals surface area contributed by atoms with Gasteiger partial charge in [-0.05, 0) is 11.5 Å². The molecule has 0 bridgehead atoms. The highest BCUT2D eigenvalue weighted by molar-refractivity contribution is 6.31. The van der Waals surface area contributed by atoms with Gasteiger partial charge in [-0.25, -0.2) is 0 Å². The second kappa shape index (κ2) is 4.91. The summed E-state index contributed by atoms with van der Waals surface area (Å²) in [5.41, 5.74) is 0. The minimum absolute atomic E-state index is 0.355. The first-order valence-corrected chi connectivity index (χ1v) is 4.86. The van der Waals surface area contributed by atoms with Crippen molar-refractivity contribution < 1.29 is 4.43 Å². The highest BCUT2D eigenvalue weighted by Gasteiger charge is 2.12. The number of unbranched alkanes of at least 4 members (excludes halogenated alkanes) is 1. The topological polar surface area (TPSA) is 9.23 Å². The maximum Gasteiger partial charge on any atom is 0.235 e. The maximum absolute atomic E-state index is 5.47. The van der Waals surface area contributed by atoms with Crippen LogP contribution in [0.1, 0.15) is 40.5 Å². The lowest BCUT2D eigenvalue weighted by molar-refractivity contribution is 0.312. The van der Waals surface area contributed by atoms with Gasteiger partial charge in [-0.15, -0.1) is 0 Å². The molecule has 0 spiro atoms. The summed E-state index contributed by atoms with van der Waals surface area (Å²) in [6, 6.07) is 0. The third kappa shape index (κ3) is 8.18. The van der Waals surface area contributed by atoms with Crippen LogP contribution < -0.4 is 0 Å². The first-order valence-electron chi connectivity index (χ1n) is 3.95. The summed E-state index contributed by atoms with van der Waals surface area (Å²) < 4.78 is 5.47. The number of hydrogen-bond donors (Lipinski definition) is 0. The standard InChI is InChI=1S/C8H18OSi/c1-5-6-7-9-10-8(2,3)4/h5-7H2,1-4H3. The molecule has 0 saturated carbocycles. The van der Waals surface area contributed by atoms with Crippen molar-refractivity contribution in [2.75, 3.05) is 6.61 Å². The fourth-order valence-corrected chi connectivity index (χ4v) is 1.16. The summed E-state index contributed by atoms with van der Waals surface area (Å²) >= 11 is 0. The molecular formula is C8H18OSi. The van der Waals surface area contributed by atoms with E-state index in [0.717, 1.165) is 6.61 Å². The minimum Gasteiger partial charge on any atom is -0.417 e. The molecule has 0 N–H and O–H groups in total. The van der Waals surface area contributed by atoms with E-state index in [0.29, 0.717) is 14.8 Å². The molecule has 2 radical (unpaired) electrons. The van der Waals surface area contributed by atoms with Crippen molar-refractivity contribution in [1.29, 1.82) is 0 Å². The Morgan fingerprint density at radius 3 is 2.30 bits per heavy atom. The predicted molar refractivity (Wildman–Crippen MR) is 46.3 cm³/mol. The van der Waals surface area contributed by atoms with E-state index in [4.69, 9.17) is 4.43 Å². The van der Waals surface area contributed by atoms with Crippen molar-refractivity contribution in [2.45, 2.75) is 45.6 Å². The van der Waals surface area contributed by atoms with E-state index in [9.17, 15) is 0 Å². The van der Waals surface area contributed by atoms with Crippen LogP contribution >= 0.6 is 0 Å². The van der Waals surface area contributed by atoms with Crippen LogP contribution in [0.4, 0.5) is 0 Å². The largest absolute Gasteiger partial charge is 0.417 e. The third-order valence-corrected chi connectivity index (χ3v) is 1.94. The fourth-order valence-electron chi connectivity index (χ4n) is 0.484. The van der Waals surface area contributed by atoms with Gasteiger partial charge in [-0.1, -0.05) is 34.1 Å². The van der Waals surface area contributed by atoms with Crippen LogP contribution in [0, 0.1) is 0 Å². The van der Waals surface area contributed by atoms with E-state index < -0.39 is 0 Å². The van der Waals surface area contributed by atoms with Crippen LogP contribution in [0.5, 0.6) is 0 Å². The van der Waals surface area contributed by atoms with Gasteiger partial charge < -0.3 is 4.43 Å². The van der Waals surface area contributed by atoms with Crippen LogP contribution in [-0.2, 0) is 4.43 Å². The molecule has 0 aromatic heterocycles. The quantitative estimate of drug-likeness (QED) is 0.451. The van der Waals surface area contributed by atoms with Gasteiger partial charge in [0.2, 0.25) is 9.76 Å². The summed E-state index contributed by atoms with van der Waals surface area (Å²) in [7, 11) is 0.651. The Balaban J connectivity index is 3.04. The molecular weight excluding hydrogens is 140 g/mol. The van der Waals surface area contributed by atoms with Gasteiger partial charge in [0.15, 0.2) is 0 Å². The predicted octanol–water partition coefficient (Wildman–Crippen LogP) is 2.64. The Labute approximate surface area is 67.1 Å². The van der Waals surface area contributed by atoms with Crippen molar-refractivity contribution in [3.8, 4) is 0 Å². The van der Waals surface area contributed by atoms with Crippen LogP contribution in [0.15, 0.2) is 0 Å². The zero-order valence-corrected chi connectivity index (χ0v) is 8.53. The Bertz CT molecular complexity index is 75.8. The lowest BCUT2D eigenvalue weighted by atomic mass is 10.3. The highest BCUT2D eigenvalue weighted by atomic mass is 28.2. The van der Waals surface area contributed by atoms with Crippen LogP contribution in [-0.4, -0.2) is 16.4 Å². The molecule has 0 amide bonds. The van der Waals surface area contributed by atoms with Crippen LogP contribution in [0.3, 0.4) is 0 Å². The molecule has 1 nitrogen and oxygen atoms in total. The first-order chi connectivity index (χ1) is 4.56. The molecule has 0 aliphatic carbocycles. The summed E-state index contributed by atoms with van der Waals surface area (Å²) in [5.74, 6) is 0. The molecule has 0 aromatic carbocycles. The van der Waals surface area contributed by atoms with E-state index >= 15 is 0 Å². The van der Waals surface area contributed by atoms with E-state index in [1.165, 1.54) is 12.8 Å². The van der Waals surface area contributed by atoms with Crippen molar-refractivity contribution in [3.05, 3.63) is 0 Å². The van der Waals surface area contributed by atoms with Crippen molar-refractivity contribution in [2.24, 2.45) is 0 Å². The van der Waals surface area contributed by atoms with Crippen molar-refractivity contribution in [1.82, 2.24) is 0 Å². The molecule has 2 heteroatoms. The van der Waals surface area contributed by atoms with Gasteiger partial charge in [-0.2, -0.15) is 0 Å². The summed E-state index contributed by atoms with van der Waals surface area (Å²) in [6.07, 6.45) is 2.43. The molecule has 0 unspecified atom stereocenters. The van der Waals surface area contributed by atoms with E-state index in [1.54, 1.807) is 0 Å². The van der Waals surface area contributed by atoms with E-state index in [2.05, 4.69) is 27.7 Å². The molecule has 0 fully saturated rings. The number of hydrogen-bond acceptors (Lipinski definition) is 1. The molecule has 0 saturated heterocycles. The molecule has 0 heterocycles. The molecule has 60 valence electrons. The smallest absolute Gasteiger partial charge is 0.235 e. The lowest BCUT2D eigenvalue weighted by Crippen LogP contribution is -2.12. The summed E-state index contributed by atoms with van der Waals surface area (Å²) in [5, 5.41) is 0.355. The second-order valence-electron chi connectivity index (χ2n) is 3.55. The molecule has 0 rings (SSSR count). The second-order valence-corrected chi connectivity index (χ2v) is 5.55. The zero-order chi connectivity index (χ0) is 8.04. The highest BCUT2D eigenvalue weighted by Crippen LogP contribution is 2.19. The van der Waals surface area contributed by atoms with Crippen molar-refractivity contribution in [3.63, 3.8) is 0 Å². The van der Waals surface area contributed by atoms with Crippen LogP contribution in [0.25, 0.3) is 0 Å². The molecule has 0 aromatic rings. The molecule has 0 aliphatic heterocycles. The fraction of sp³-hybridized carbons (Fsp3) is 1.00. The first kappa shape index (κ1) is 10.2. The Kier molecular flexibility index (Phi) is 5.00. The third-order valence-electron chi connectivity index (χ3n) is 0.978. The Morgan fingerprint density at radius 1 is 1.30 bits per heavy atom. The number of rotatable bonds is 4. The maximum atomic E-state index is 5.47. The van der Waals surface area contributed by atoms with Crippen LogP contribution in [0.2, 0.25) is 5.04 Å². The Hall–Kier alpha value is 0.177. The van der Waals surface area contributed by atoms with Gasteiger partial charge in [0, 0.05) is 6.61 Å². The summed E-state index contributed by atoms with van der Waals surface area (Å²) in [4.78, 5) is 0. The van der Waals surface area contributed by atoms with Gasteiger partial charge >= 0.3 is 0 Å². The van der Waals surface area contributed by atoms with Gasteiger partial charge in [0.05, 0.1) is 0 Å². The van der Waals surface area contributed by atoms with Gasteiger partial charge in [-0.3, -0.25) is 0 Å². The van der Waals surface area contributed by atoms with E-state index in [-0.39, 0.29) is 0 Å². The monoisotopic (exact) mass is 158 g/mol. The Morgan fingerprint density at radius 2 is 1.90 bits per heavy atom.